The van der Waals surface area contributed by atoms with E-state index in [1.54, 1.807) is 0 Å². The van der Waals surface area contributed by atoms with Crippen molar-refractivity contribution in [3.63, 3.8) is 0 Å². The van der Waals surface area contributed by atoms with E-state index in [9.17, 15) is 0 Å². The van der Waals surface area contributed by atoms with Gasteiger partial charge in [-0.2, -0.15) is 0 Å². The molecule has 1 aliphatic rings. The van der Waals surface area contributed by atoms with Gasteiger partial charge in [0.05, 0.1) is 0 Å². The van der Waals surface area contributed by atoms with E-state index in [4.69, 9.17) is 11.3 Å². The zero-order valence-corrected chi connectivity index (χ0v) is 15.2. The molecular weight excluding hydrogens is 322 g/mol. The maximum Gasteiger partial charge on any atom is 0.125 e. The molecule has 0 aliphatic carbocycles. The summed E-state index contributed by atoms with van der Waals surface area (Å²) in [5.74, 6) is 6.64. The number of piperidine rings is 1. The molecule has 1 heterocycles. The number of hydrogen-bond acceptors (Lipinski definition) is 4. The lowest BCUT2D eigenvalue weighted by atomic mass is 9.93. The number of benzene rings is 2. The zero-order chi connectivity index (χ0) is 18.2. The van der Waals surface area contributed by atoms with Crippen LogP contribution in [0.25, 0.3) is 0 Å². The van der Waals surface area contributed by atoms with Crippen LogP contribution in [0.3, 0.4) is 0 Å². The molecule has 1 saturated heterocycles. The minimum Gasteiger partial charge on any atom is -0.370 e. The van der Waals surface area contributed by atoms with Crippen LogP contribution in [-0.4, -0.2) is 30.4 Å². The fraction of sp³-hybridized carbons (Fsp3) is 0.381. The summed E-state index contributed by atoms with van der Waals surface area (Å²) in [6.45, 7) is 4.24. The Morgan fingerprint density at radius 1 is 1.08 bits per heavy atom. The molecule has 3 rings (SSSR count). The van der Waals surface area contributed by atoms with Crippen LogP contribution in [0.1, 0.15) is 30.4 Å². The van der Waals surface area contributed by atoms with Crippen LogP contribution >= 0.6 is 0 Å². The fourth-order valence-electron chi connectivity index (χ4n) is 3.54. The molecule has 0 spiro atoms. The molecule has 0 atom stereocenters. The lowest BCUT2D eigenvalue weighted by Crippen LogP contribution is -2.34. The second kappa shape index (κ2) is 9.36. The van der Waals surface area contributed by atoms with E-state index in [1.807, 2.05) is 24.3 Å². The average molecular weight is 351 g/mol. The largest absolute Gasteiger partial charge is 0.370 e. The lowest BCUT2D eigenvalue weighted by molar-refractivity contribution is 0.173. The van der Waals surface area contributed by atoms with Crippen molar-refractivity contribution in [3.8, 4) is 0 Å². The molecule has 0 radical (unpaired) electrons. The molecule has 2 aromatic rings. The minimum atomic E-state index is 0.462. The van der Waals surface area contributed by atoms with E-state index in [0.717, 1.165) is 36.7 Å². The first-order valence-electron chi connectivity index (χ1n) is 9.40. The number of likely N-dealkylation sites (tertiary alicyclic amines) is 1. The van der Waals surface area contributed by atoms with Crippen molar-refractivity contribution in [2.75, 3.05) is 25.1 Å². The Morgan fingerprint density at radius 2 is 1.85 bits per heavy atom. The highest BCUT2D eigenvalue weighted by Gasteiger charge is 2.19. The van der Waals surface area contributed by atoms with E-state index < -0.39 is 0 Å². The quantitative estimate of drug-likeness (QED) is 0.267. The summed E-state index contributed by atoms with van der Waals surface area (Å²) in [5, 5.41) is 11.4. The van der Waals surface area contributed by atoms with Crippen molar-refractivity contribution >= 4 is 11.5 Å². The van der Waals surface area contributed by atoms with Crippen molar-refractivity contribution < 1.29 is 0 Å². The Bertz CT molecular complexity index is 693. The molecule has 0 unspecified atom stereocenters. The highest BCUT2D eigenvalue weighted by atomic mass is 15.2. The van der Waals surface area contributed by atoms with Crippen LogP contribution < -0.4 is 16.6 Å². The summed E-state index contributed by atoms with van der Waals surface area (Å²) in [5.41, 5.74) is 5.70. The van der Waals surface area contributed by atoms with Crippen molar-refractivity contribution in [1.82, 2.24) is 10.2 Å². The zero-order valence-electron chi connectivity index (χ0n) is 15.2. The molecule has 0 aromatic heterocycles. The number of nitrogens with zero attached hydrogens (tertiary/aromatic N) is 1. The highest BCUT2D eigenvalue weighted by Crippen LogP contribution is 2.21. The molecule has 5 N–H and O–H groups in total. The first-order valence-corrected chi connectivity index (χ1v) is 9.40. The SMILES string of the molecule is N=C(NCCC1CCN(Cc2ccccc2)CC1)c1cccc(NN)c1. The number of nitrogens with two attached hydrogens (primary N) is 1. The van der Waals surface area contributed by atoms with Crippen LogP contribution in [0.15, 0.2) is 54.6 Å². The average Bonchev–Trinajstić information content (AvgIpc) is 2.70. The van der Waals surface area contributed by atoms with Gasteiger partial charge in [-0.1, -0.05) is 42.5 Å². The Morgan fingerprint density at radius 3 is 2.58 bits per heavy atom. The van der Waals surface area contributed by atoms with Gasteiger partial charge >= 0.3 is 0 Å². The summed E-state index contributed by atoms with van der Waals surface area (Å²) in [4.78, 5) is 2.55. The normalized spacial score (nSPS) is 15.6. The first kappa shape index (κ1) is 18.4. The third-order valence-corrected chi connectivity index (χ3v) is 5.13. The fourth-order valence-corrected chi connectivity index (χ4v) is 3.54. The van der Waals surface area contributed by atoms with E-state index in [1.165, 1.54) is 31.5 Å². The second-order valence-corrected chi connectivity index (χ2v) is 7.02. The van der Waals surface area contributed by atoms with Gasteiger partial charge in [0, 0.05) is 24.3 Å². The van der Waals surface area contributed by atoms with E-state index in [-0.39, 0.29) is 0 Å². The van der Waals surface area contributed by atoms with Gasteiger partial charge in [0.15, 0.2) is 0 Å². The molecule has 138 valence electrons. The standard InChI is InChI=1S/C21H29N5/c22-21(19-7-4-8-20(15-19)25-23)24-12-9-17-10-13-26(14-11-17)16-18-5-2-1-3-6-18/h1-8,15,17,25H,9-14,16,23H2,(H2,22,24). The third-order valence-electron chi connectivity index (χ3n) is 5.13. The van der Waals surface area contributed by atoms with Crippen molar-refractivity contribution in [3.05, 3.63) is 65.7 Å². The lowest BCUT2D eigenvalue weighted by Gasteiger charge is -2.32. The van der Waals surface area contributed by atoms with E-state index in [0.29, 0.717) is 5.84 Å². The summed E-state index contributed by atoms with van der Waals surface area (Å²) in [6.07, 6.45) is 3.61. The van der Waals surface area contributed by atoms with Gasteiger partial charge < -0.3 is 10.7 Å². The molecule has 0 saturated carbocycles. The number of rotatable bonds is 7. The molecule has 2 aromatic carbocycles. The highest BCUT2D eigenvalue weighted by molar-refractivity contribution is 5.97. The Balaban J connectivity index is 1.36. The smallest absolute Gasteiger partial charge is 0.125 e. The molecular formula is C21H29N5. The summed E-state index contributed by atoms with van der Waals surface area (Å²) < 4.78 is 0. The maximum atomic E-state index is 8.19. The number of nitrogen functional groups attached to an aromatic ring is 1. The predicted octanol–water partition coefficient (Wildman–Crippen LogP) is 3.19. The molecule has 26 heavy (non-hydrogen) atoms. The summed E-state index contributed by atoms with van der Waals surface area (Å²) in [6, 6.07) is 18.3. The van der Waals surface area contributed by atoms with Gasteiger partial charge in [-0.15, -0.1) is 0 Å². The van der Waals surface area contributed by atoms with Crippen LogP contribution in [-0.2, 0) is 6.54 Å². The molecule has 5 nitrogen and oxygen atoms in total. The Labute approximate surface area is 156 Å². The van der Waals surface area contributed by atoms with Gasteiger partial charge in [-0.3, -0.25) is 16.2 Å². The Hall–Kier alpha value is -2.37. The predicted molar refractivity (Wildman–Crippen MR) is 108 cm³/mol. The van der Waals surface area contributed by atoms with Gasteiger partial charge in [-0.05, 0) is 56.0 Å². The molecule has 5 heteroatoms. The summed E-state index contributed by atoms with van der Waals surface area (Å²) >= 11 is 0. The van der Waals surface area contributed by atoms with Gasteiger partial charge in [0.1, 0.15) is 5.84 Å². The minimum absolute atomic E-state index is 0.462. The van der Waals surface area contributed by atoms with Crippen molar-refractivity contribution in [2.45, 2.75) is 25.8 Å². The molecule has 0 bridgehead atoms. The molecule has 1 aliphatic heterocycles. The number of nitrogens with one attached hydrogen (secondary N) is 3. The van der Waals surface area contributed by atoms with E-state index >= 15 is 0 Å². The number of amidine groups is 1. The second-order valence-electron chi connectivity index (χ2n) is 7.02. The Kier molecular flexibility index (Phi) is 6.63. The molecule has 1 fully saturated rings. The topological polar surface area (TPSA) is 77.2 Å². The van der Waals surface area contributed by atoms with Crippen LogP contribution in [0.5, 0.6) is 0 Å². The number of anilines is 1. The number of hydrazine groups is 1. The molecule has 0 amide bonds. The van der Waals surface area contributed by atoms with Crippen LogP contribution in [0, 0.1) is 11.3 Å². The van der Waals surface area contributed by atoms with Crippen molar-refractivity contribution in [1.29, 1.82) is 5.41 Å². The first-order chi connectivity index (χ1) is 12.7. The summed E-state index contributed by atoms with van der Waals surface area (Å²) in [7, 11) is 0. The third kappa shape index (κ3) is 5.31. The van der Waals surface area contributed by atoms with Gasteiger partial charge in [0.25, 0.3) is 0 Å². The van der Waals surface area contributed by atoms with E-state index in [2.05, 4.69) is 46.0 Å². The number of hydrogen-bond donors (Lipinski definition) is 4. The van der Waals surface area contributed by atoms with Crippen molar-refractivity contribution in [2.24, 2.45) is 11.8 Å². The van der Waals surface area contributed by atoms with Crippen LogP contribution in [0.4, 0.5) is 5.69 Å². The monoisotopic (exact) mass is 351 g/mol. The maximum absolute atomic E-state index is 8.19. The van der Waals surface area contributed by atoms with Gasteiger partial charge in [-0.25, -0.2) is 0 Å². The van der Waals surface area contributed by atoms with Crippen LogP contribution in [0.2, 0.25) is 0 Å². The van der Waals surface area contributed by atoms with Gasteiger partial charge in [0.2, 0.25) is 0 Å².